The van der Waals surface area contributed by atoms with E-state index in [2.05, 4.69) is 9.97 Å². The van der Waals surface area contributed by atoms with Crippen molar-refractivity contribution in [3.63, 3.8) is 0 Å². The third kappa shape index (κ3) is 4.36. The van der Waals surface area contributed by atoms with Crippen LogP contribution in [0.1, 0.15) is 26.0 Å². The Hall–Kier alpha value is -1.69. The van der Waals surface area contributed by atoms with Crippen molar-refractivity contribution < 1.29 is 9.47 Å². The van der Waals surface area contributed by atoms with Gasteiger partial charge in [-0.15, -0.1) is 0 Å². The largest absolute Gasteiger partial charge is 0.476 e. The van der Waals surface area contributed by atoms with E-state index in [0.29, 0.717) is 18.2 Å². The molecule has 0 saturated carbocycles. The van der Waals surface area contributed by atoms with Gasteiger partial charge in [-0.1, -0.05) is 0 Å². The second-order valence-electron chi connectivity index (χ2n) is 4.22. The summed E-state index contributed by atoms with van der Waals surface area (Å²) in [7, 11) is 1.67. The molecule has 6 nitrogen and oxygen atoms in total. The van der Waals surface area contributed by atoms with E-state index >= 15 is 0 Å². The van der Waals surface area contributed by atoms with E-state index in [4.69, 9.17) is 20.6 Å². The maximum Gasteiger partial charge on any atom is 0.232 e. The number of rotatable bonds is 6. The minimum absolute atomic E-state index is 0.107. The standard InChI is InChI=1S/C11H18N4O2/c1-11(2,16-3)4-5-17-9-7-14-8(6-15-9)10(12)13/h6-7H,4-5H2,1-3H3,(H3,12,13). The van der Waals surface area contributed by atoms with Gasteiger partial charge in [-0.05, 0) is 13.8 Å². The number of nitrogens with zero attached hydrogens (tertiary/aromatic N) is 2. The Morgan fingerprint density at radius 3 is 2.59 bits per heavy atom. The first-order chi connectivity index (χ1) is 7.94. The molecular formula is C11H18N4O2. The van der Waals surface area contributed by atoms with Gasteiger partial charge in [0.25, 0.3) is 0 Å². The Balaban J connectivity index is 2.45. The molecule has 0 atom stereocenters. The lowest BCUT2D eigenvalue weighted by Crippen LogP contribution is -2.25. The highest BCUT2D eigenvalue weighted by molar-refractivity contribution is 5.92. The van der Waals surface area contributed by atoms with Gasteiger partial charge in [-0.2, -0.15) is 0 Å². The van der Waals surface area contributed by atoms with Crippen molar-refractivity contribution in [2.24, 2.45) is 5.73 Å². The predicted molar refractivity (Wildman–Crippen MR) is 64.2 cm³/mol. The molecule has 17 heavy (non-hydrogen) atoms. The lowest BCUT2D eigenvalue weighted by molar-refractivity contribution is 0.00505. The normalized spacial score (nSPS) is 11.2. The van der Waals surface area contributed by atoms with Gasteiger partial charge in [0.2, 0.25) is 5.88 Å². The van der Waals surface area contributed by atoms with E-state index in [0.717, 1.165) is 6.42 Å². The average molecular weight is 238 g/mol. The quantitative estimate of drug-likeness (QED) is 0.568. The minimum atomic E-state index is -0.216. The molecule has 0 fully saturated rings. The average Bonchev–Trinajstić information content (AvgIpc) is 2.29. The number of nitrogens with two attached hydrogens (primary N) is 1. The highest BCUT2D eigenvalue weighted by Gasteiger charge is 2.16. The highest BCUT2D eigenvalue weighted by atomic mass is 16.5. The van der Waals surface area contributed by atoms with Gasteiger partial charge in [-0.3, -0.25) is 5.41 Å². The predicted octanol–water partition coefficient (Wildman–Crippen LogP) is 0.955. The fraction of sp³-hybridized carbons (Fsp3) is 0.545. The number of hydrogen-bond donors (Lipinski definition) is 2. The highest BCUT2D eigenvalue weighted by Crippen LogP contribution is 2.13. The molecule has 6 heteroatoms. The molecule has 0 aromatic carbocycles. The smallest absolute Gasteiger partial charge is 0.232 e. The third-order valence-corrected chi connectivity index (χ3v) is 2.41. The molecule has 0 radical (unpaired) electrons. The molecule has 1 rings (SSSR count). The molecule has 1 aromatic rings. The zero-order valence-electron chi connectivity index (χ0n) is 10.4. The molecule has 0 aliphatic heterocycles. The Morgan fingerprint density at radius 1 is 1.41 bits per heavy atom. The van der Waals surface area contributed by atoms with Crippen LogP contribution in [0.4, 0.5) is 0 Å². The van der Waals surface area contributed by atoms with E-state index in [-0.39, 0.29) is 11.4 Å². The van der Waals surface area contributed by atoms with Crippen LogP contribution < -0.4 is 10.5 Å². The first kappa shape index (κ1) is 13.4. The molecule has 0 spiro atoms. The summed E-state index contributed by atoms with van der Waals surface area (Å²) in [5.41, 5.74) is 5.39. The zero-order chi connectivity index (χ0) is 12.9. The van der Waals surface area contributed by atoms with Crippen LogP contribution in [0.3, 0.4) is 0 Å². The van der Waals surface area contributed by atoms with E-state index in [1.807, 2.05) is 13.8 Å². The summed E-state index contributed by atoms with van der Waals surface area (Å²) in [5.74, 6) is 0.312. The van der Waals surface area contributed by atoms with Crippen LogP contribution in [0, 0.1) is 5.41 Å². The Bertz CT molecular complexity index is 376. The number of nitrogen functional groups attached to an aromatic ring is 1. The van der Waals surface area contributed by atoms with Crippen molar-refractivity contribution in [2.45, 2.75) is 25.9 Å². The van der Waals surface area contributed by atoms with Crippen LogP contribution in [0.5, 0.6) is 5.88 Å². The fourth-order valence-electron chi connectivity index (χ4n) is 1.03. The fourth-order valence-corrected chi connectivity index (χ4v) is 1.03. The third-order valence-electron chi connectivity index (χ3n) is 2.41. The van der Waals surface area contributed by atoms with E-state index in [1.165, 1.54) is 12.4 Å². The lowest BCUT2D eigenvalue weighted by Gasteiger charge is -2.22. The molecule has 1 aromatic heterocycles. The molecule has 0 bridgehead atoms. The number of ether oxygens (including phenoxy) is 2. The molecule has 1 heterocycles. The summed E-state index contributed by atoms with van der Waals surface area (Å²) in [6.07, 6.45) is 3.62. The van der Waals surface area contributed by atoms with Crippen LogP contribution in [0.25, 0.3) is 0 Å². The van der Waals surface area contributed by atoms with Gasteiger partial charge in [0.15, 0.2) is 0 Å². The van der Waals surface area contributed by atoms with Gasteiger partial charge in [0.1, 0.15) is 11.5 Å². The number of hydrogen-bond acceptors (Lipinski definition) is 5. The first-order valence-electron chi connectivity index (χ1n) is 5.29. The Labute approximate surface area is 101 Å². The maximum absolute atomic E-state index is 7.17. The summed E-state index contributed by atoms with van der Waals surface area (Å²) in [6.45, 7) is 4.47. The lowest BCUT2D eigenvalue weighted by atomic mass is 10.1. The molecule has 0 amide bonds. The van der Waals surface area contributed by atoms with E-state index in [9.17, 15) is 0 Å². The van der Waals surface area contributed by atoms with Gasteiger partial charge < -0.3 is 15.2 Å². The van der Waals surface area contributed by atoms with Crippen LogP contribution in [-0.4, -0.2) is 35.1 Å². The summed E-state index contributed by atoms with van der Waals surface area (Å²) in [5, 5.41) is 7.17. The van der Waals surface area contributed by atoms with Gasteiger partial charge in [0, 0.05) is 13.5 Å². The SMILES string of the molecule is COC(C)(C)CCOc1cnc(C(=N)N)cn1. The molecule has 0 saturated heterocycles. The van der Waals surface area contributed by atoms with Crippen LogP contribution in [0.15, 0.2) is 12.4 Å². The van der Waals surface area contributed by atoms with Crippen molar-refractivity contribution in [1.29, 1.82) is 5.41 Å². The van der Waals surface area contributed by atoms with Crippen LogP contribution in [-0.2, 0) is 4.74 Å². The van der Waals surface area contributed by atoms with Gasteiger partial charge in [0.05, 0.1) is 24.6 Å². The number of nitrogens with one attached hydrogen (secondary N) is 1. The Morgan fingerprint density at radius 2 is 2.12 bits per heavy atom. The summed E-state index contributed by atoms with van der Waals surface area (Å²) >= 11 is 0. The number of aromatic nitrogens is 2. The second-order valence-corrected chi connectivity index (χ2v) is 4.22. The molecule has 94 valence electrons. The number of amidine groups is 1. The summed E-state index contributed by atoms with van der Waals surface area (Å²) in [4.78, 5) is 7.94. The van der Waals surface area contributed by atoms with Gasteiger partial charge in [-0.25, -0.2) is 9.97 Å². The van der Waals surface area contributed by atoms with Crippen molar-refractivity contribution in [3.8, 4) is 5.88 Å². The van der Waals surface area contributed by atoms with Gasteiger partial charge >= 0.3 is 0 Å². The molecule has 0 aliphatic rings. The minimum Gasteiger partial charge on any atom is -0.476 e. The van der Waals surface area contributed by atoms with Crippen molar-refractivity contribution >= 4 is 5.84 Å². The second kappa shape index (κ2) is 5.58. The molecule has 3 N–H and O–H groups in total. The molecular weight excluding hydrogens is 220 g/mol. The number of methoxy groups -OCH3 is 1. The molecule has 0 aliphatic carbocycles. The van der Waals surface area contributed by atoms with Crippen molar-refractivity contribution in [3.05, 3.63) is 18.1 Å². The summed E-state index contributed by atoms with van der Waals surface area (Å²) < 4.78 is 10.7. The summed E-state index contributed by atoms with van der Waals surface area (Å²) in [6, 6.07) is 0. The van der Waals surface area contributed by atoms with Crippen LogP contribution >= 0.6 is 0 Å². The first-order valence-corrected chi connectivity index (χ1v) is 5.29. The molecule has 0 unspecified atom stereocenters. The topological polar surface area (TPSA) is 94.1 Å². The monoisotopic (exact) mass is 238 g/mol. The van der Waals surface area contributed by atoms with Crippen molar-refractivity contribution in [2.75, 3.05) is 13.7 Å². The van der Waals surface area contributed by atoms with E-state index in [1.54, 1.807) is 7.11 Å². The maximum atomic E-state index is 7.17. The van der Waals surface area contributed by atoms with E-state index < -0.39 is 0 Å². The Kier molecular flexibility index (Phi) is 4.39. The van der Waals surface area contributed by atoms with Crippen LogP contribution in [0.2, 0.25) is 0 Å². The zero-order valence-corrected chi connectivity index (χ0v) is 10.4. The van der Waals surface area contributed by atoms with Crippen molar-refractivity contribution in [1.82, 2.24) is 9.97 Å².